The van der Waals surface area contributed by atoms with Gasteiger partial charge in [-0.1, -0.05) is 24.3 Å². The molecular formula is C12H15F3N2O3. The van der Waals surface area contributed by atoms with Crippen molar-refractivity contribution in [3.8, 4) is 0 Å². The van der Waals surface area contributed by atoms with Gasteiger partial charge in [0.05, 0.1) is 13.7 Å². The Morgan fingerprint density at radius 3 is 2.35 bits per heavy atom. The zero-order valence-corrected chi connectivity index (χ0v) is 10.8. The summed E-state index contributed by atoms with van der Waals surface area (Å²) in [5.74, 6) is 0. The number of nitrogens with one attached hydrogen (secondary N) is 2. The number of alkyl halides is 3. The standard InChI is InChI=1S/C12H15F3N2O3/c1-19-17-11(18)16-6-9-2-4-10(5-3-9)7-20-8-12(13,14)15/h2-5H,6-8H2,1H3,(H2,16,17,18). The fraction of sp³-hybridized carbons (Fsp3) is 0.417. The van der Waals surface area contributed by atoms with Crippen LogP contribution in [-0.2, 0) is 22.7 Å². The van der Waals surface area contributed by atoms with Gasteiger partial charge in [-0.25, -0.2) is 10.3 Å². The van der Waals surface area contributed by atoms with Gasteiger partial charge in [0.2, 0.25) is 0 Å². The number of hydrogen-bond donors (Lipinski definition) is 2. The van der Waals surface area contributed by atoms with E-state index in [0.29, 0.717) is 5.56 Å². The van der Waals surface area contributed by atoms with Crippen LogP contribution in [-0.4, -0.2) is 25.9 Å². The Morgan fingerprint density at radius 1 is 1.20 bits per heavy atom. The molecule has 2 amide bonds. The number of ether oxygens (including phenoxy) is 1. The van der Waals surface area contributed by atoms with Crippen molar-refractivity contribution in [3.05, 3.63) is 35.4 Å². The molecule has 0 atom stereocenters. The summed E-state index contributed by atoms with van der Waals surface area (Å²) in [5, 5.41) is 2.53. The lowest BCUT2D eigenvalue weighted by Gasteiger charge is -2.09. The van der Waals surface area contributed by atoms with Crippen molar-refractivity contribution in [3.63, 3.8) is 0 Å². The highest BCUT2D eigenvalue weighted by Crippen LogP contribution is 2.15. The number of hydroxylamine groups is 1. The molecule has 1 rings (SSSR count). The first-order valence-electron chi connectivity index (χ1n) is 5.70. The monoisotopic (exact) mass is 292 g/mol. The van der Waals surface area contributed by atoms with E-state index in [9.17, 15) is 18.0 Å². The summed E-state index contributed by atoms with van der Waals surface area (Å²) < 4.78 is 40.2. The minimum atomic E-state index is -4.32. The van der Waals surface area contributed by atoms with Crippen LogP contribution < -0.4 is 10.8 Å². The lowest BCUT2D eigenvalue weighted by Crippen LogP contribution is -2.34. The van der Waals surface area contributed by atoms with Crippen molar-refractivity contribution in [2.75, 3.05) is 13.7 Å². The van der Waals surface area contributed by atoms with Gasteiger partial charge in [0.25, 0.3) is 0 Å². The molecule has 0 unspecified atom stereocenters. The van der Waals surface area contributed by atoms with E-state index in [-0.39, 0.29) is 13.2 Å². The molecule has 0 heterocycles. The molecule has 0 bridgehead atoms. The van der Waals surface area contributed by atoms with Gasteiger partial charge in [-0.15, -0.1) is 0 Å². The Morgan fingerprint density at radius 2 is 1.80 bits per heavy atom. The Hall–Kier alpha value is -1.80. The Labute approximate surface area is 114 Å². The smallest absolute Gasteiger partial charge is 0.367 e. The topological polar surface area (TPSA) is 59.6 Å². The third kappa shape index (κ3) is 6.95. The van der Waals surface area contributed by atoms with E-state index in [0.717, 1.165) is 5.56 Å². The van der Waals surface area contributed by atoms with Crippen LogP contribution in [0.4, 0.5) is 18.0 Å². The van der Waals surface area contributed by atoms with Crippen LogP contribution in [0.1, 0.15) is 11.1 Å². The molecular weight excluding hydrogens is 277 g/mol. The number of halogens is 3. The molecule has 0 saturated heterocycles. The van der Waals surface area contributed by atoms with Crippen LogP contribution in [0.3, 0.4) is 0 Å². The molecule has 8 heteroatoms. The number of benzene rings is 1. The van der Waals surface area contributed by atoms with E-state index < -0.39 is 18.8 Å². The van der Waals surface area contributed by atoms with Crippen LogP contribution in [0.15, 0.2) is 24.3 Å². The van der Waals surface area contributed by atoms with Crippen LogP contribution in [0, 0.1) is 0 Å². The van der Waals surface area contributed by atoms with Crippen molar-refractivity contribution >= 4 is 6.03 Å². The van der Waals surface area contributed by atoms with E-state index in [2.05, 4.69) is 20.4 Å². The van der Waals surface area contributed by atoms with E-state index in [4.69, 9.17) is 0 Å². The number of carbonyl (C=O) groups is 1. The predicted octanol–water partition coefficient (Wildman–Crippen LogP) is 2.13. The number of rotatable bonds is 6. The van der Waals surface area contributed by atoms with Gasteiger partial charge in [0.15, 0.2) is 0 Å². The fourth-order valence-corrected chi connectivity index (χ4v) is 1.35. The lowest BCUT2D eigenvalue weighted by molar-refractivity contribution is -0.176. The van der Waals surface area contributed by atoms with Crippen molar-refractivity contribution in [2.45, 2.75) is 19.3 Å². The van der Waals surface area contributed by atoms with Crippen molar-refractivity contribution < 1.29 is 27.5 Å². The summed E-state index contributed by atoms with van der Waals surface area (Å²) in [6.07, 6.45) is -4.32. The van der Waals surface area contributed by atoms with E-state index >= 15 is 0 Å². The second kappa shape index (κ2) is 7.71. The zero-order chi connectivity index (χ0) is 15.0. The van der Waals surface area contributed by atoms with Crippen molar-refractivity contribution in [1.82, 2.24) is 10.8 Å². The molecule has 20 heavy (non-hydrogen) atoms. The summed E-state index contributed by atoms with van der Waals surface area (Å²) in [4.78, 5) is 15.5. The highest BCUT2D eigenvalue weighted by Gasteiger charge is 2.27. The Kier molecular flexibility index (Phi) is 6.26. The highest BCUT2D eigenvalue weighted by atomic mass is 19.4. The SMILES string of the molecule is CONC(=O)NCc1ccc(COCC(F)(F)F)cc1. The first-order valence-corrected chi connectivity index (χ1v) is 5.70. The Balaban J connectivity index is 2.35. The molecule has 112 valence electrons. The molecule has 1 aromatic carbocycles. The Bertz CT molecular complexity index is 421. The number of carbonyl (C=O) groups excluding carboxylic acids is 1. The number of urea groups is 1. The largest absolute Gasteiger partial charge is 0.411 e. The third-order valence-corrected chi connectivity index (χ3v) is 2.21. The predicted molar refractivity (Wildman–Crippen MR) is 64.5 cm³/mol. The molecule has 0 fully saturated rings. The molecule has 0 spiro atoms. The molecule has 0 radical (unpaired) electrons. The lowest BCUT2D eigenvalue weighted by atomic mass is 10.1. The molecule has 0 aliphatic carbocycles. The summed E-state index contributed by atoms with van der Waals surface area (Å²) in [6.45, 7) is -1.11. The molecule has 0 aliphatic rings. The summed E-state index contributed by atoms with van der Waals surface area (Å²) in [7, 11) is 1.31. The van der Waals surface area contributed by atoms with Gasteiger partial charge in [-0.2, -0.15) is 13.2 Å². The highest BCUT2D eigenvalue weighted by molar-refractivity contribution is 5.72. The van der Waals surface area contributed by atoms with Crippen LogP contribution in [0.5, 0.6) is 0 Å². The van der Waals surface area contributed by atoms with Crippen molar-refractivity contribution in [2.24, 2.45) is 0 Å². The van der Waals surface area contributed by atoms with E-state index in [1.165, 1.54) is 7.11 Å². The summed E-state index contributed by atoms with van der Waals surface area (Å²) in [6, 6.07) is 6.19. The van der Waals surface area contributed by atoms with Gasteiger partial charge in [0.1, 0.15) is 6.61 Å². The minimum Gasteiger partial charge on any atom is -0.367 e. The maximum atomic E-state index is 11.9. The minimum absolute atomic E-state index is 0.114. The molecule has 0 aliphatic heterocycles. The van der Waals surface area contributed by atoms with Gasteiger partial charge in [0, 0.05) is 6.54 Å². The molecule has 0 saturated carbocycles. The number of hydrogen-bond acceptors (Lipinski definition) is 3. The van der Waals surface area contributed by atoms with Crippen LogP contribution in [0.25, 0.3) is 0 Å². The summed E-state index contributed by atoms with van der Waals surface area (Å²) >= 11 is 0. The van der Waals surface area contributed by atoms with Crippen LogP contribution in [0.2, 0.25) is 0 Å². The molecule has 2 N–H and O–H groups in total. The second-order valence-corrected chi connectivity index (χ2v) is 3.91. The van der Waals surface area contributed by atoms with Gasteiger partial charge in [-0.3, -0.25) is 4.84 Å². The van der Waals surface area contributed by atoms with E-state index in [1.54, 1.807) is 24.3 Å². The normalized spacial score (nSPS) is 11.2. The second-order valence-electron chi connectivity index (χ2n) is 3.91. The fourth-order valence-electron chi connectivity index (χ4n) is 1.35. The molecule has 5 nitrogen and oxygen atoms in total. The van der Waals surface area contributed by atoms with E-state index in [1.807, 2.05) is 0 Å². The maximum absolute atomic E-state index is 11.9. The maximum Gasteiger partial charge on any atom is 0.411 e. The van der Waals surface area contributed by atoms with Gasteiger partial charge >= 0.3 is 12.2 Å². The van der Waals surface area contributed by atoms with Gasteiger partial charge < -0.3 is 10.1 Å². The average Bonchev–Trinajstić information content (AvgIpc) is 2.37. The van der Waals surface area contributed by atoms with Gasteiger partial charge in [-0.05, 0) is 11.1 Å². The first kappa shape index (κ1) is 16.3. The summed E-state index contributed by atoms with van der Waals surface area (Å²) in [5.41, 5.74) is 3.52. The molecule has 1 aromatic rings. The number of amides is 2. The average molecular weight is 292 g/mol. The molecule has 0 aromatic heterocycles. The third-order valence-electron chi connectivity index (χ3n) is 2.21. The first-order chi connectivity index (χ1) is 9.40. The van der Waals surface area contributed by atoms with Crippen LogP contribution >= 0.6 is 0 Å². The zero-order valence-electron chi connectivity index (χ0n) is 10.8. The van der Waals surface area contributed by atoms with Crippen molar-refractivity contribution in [1.29, 1.82) is 0 Å². The quantitative estimate of drug-likeness (QED) is 0.790.